The Kier molecular flexibility index (Phi) is 4.56. The molecule has 1 saturated heterocycles. The number of rotatable bonds is 3. The van der Waals surface area contributed by atoms with E-state index in [2.05, 4.69) is 40.1 Å². The Labute approximate surface area is 177 Å². The Balaban J connectivity index is 1.43. The monoisotopic (exact) mass is 409 g/mol. The smallest absolute Gasteiger partial charge is 0.225 e. The summed E-state index contributed by atoms with van der Waals surface area (Å²) >= 11 is 6.22. The normalized spacial score (nSPS) is 21.8. The molecule has 5 nitrogen and oxygen atoms in total. The summed E-state index contributed by atoms with van der Waals surface area (Å²) in [6.07, 6.45) is 6.77. The Hall–Kier alpha value is -2.11. The molecule has 1 aliphatic heterocycles. The number of aryl methyl sites for hydroxylation is 2. The summed E-state index contributed by atoms with van der Waals surface area (Å²) in [4.78, 5) is 17.8. The molecule has 1 aromatic carbocycles. The summed E-state index contributed by atoms with van der Waals surface area (Å²) in [7, 11) is 4.03. The fourth-order valence-electron chi connectivity index (χ4n) is 5.24. The van der Waals surface area contributed by atoms with Crippen LogP contribution in [0.2, 0.25) is 5.02 Å². The van der Waals surface area contributed by atoms with Crippen LogP contribution in [0.5, 0.6) is 0 Å². The van der Waals surface area contributed by atoms with Crippen LogP contribution < -0.4 is 4.90 Å². The van der Waals surface area contributed by atoms with Crippen LogP contribution in [-0.4, -0.2) is 47.0 Å². The molecule has 0 radical (unpaired) electrons. The standard InChI is InChI=1S/C23H28ClN5/c1-15-18-11-17(24)5-6-19(18)26-20(15)13-29-10-4-8-23(14-29)9-7-16-12-25-22(28(2)3)27-21(16)23/h5-6,11-12,26H,4,7-10,13-14H2,1-3H3. The van der Waals surface area contributed by atoms with Crippen molar-refractivity contribution in [2.75, 3.05) is 32.1 Å². The van der Waals surface area contributed by atoms with E-state index >= 15 is 0 Å². The van der Waals surface area contributed by atoms with Crippen molar-refractivity contribution in [2.45, 2.75) is 44.6 Å². The van der Waals surface area contributed by atoms with Gasteiger partial charge in [0.1, 0.15) is 0 Å². The molecule has 0 bridgehead atoms. The van der Waals surface area contributed by atoms with Gasteiger partial charge >= 0.3 is 0 Å². The van der Waals surface area contributed by atoms with Gasteiger partial charge in [0, 0.05) is 60.4 Å². The van der Waals surface area contributed by atoms with E-state index in [0.717, 1.165) is 37.0 Å². The molecule has 1 atom stereocenters. The molecule has 3 aromatic rings. The molecule has 1 N–H and O–H groups in total. The van der Waals surface area contributed by atoms with Crippen LogP contribution in [0.15, 0.2) is 24.4 Å². The van der Waals surface area contributed by atoms with Crippen molar-refractivity contribution in [3.05, 3.63) is 51.9 Å². The zero-order valence-electron chi connectivity index (χ0n) is 17.4. The number of hydrogen-bond acceptors (Lipinski definition) is 4. The number of aromatic amines is 1. The molecule has 1 unspecified atom stereocenters. The van der Waals surface area contributed by atoms with Gasteiger partial charge in [-0.15, -0.1) is 0 Å². The van der Waals surface area contributed by atoms with E-state index in [1.54, 1.807) is 0 Å². The predicted octanol–water partition coefficient (Wildman–Crippen LogP) is 4.47. The molecule has 5 rings (SSSR count). The third-order valence-corrected chi connectivity index (χ3v) is 7.02. The fourth-order valence-corrected chi connectivity index (χ4v) is 5.42. The fraction of sp³-hybridized carbons (Fsp3) is 0.478. The van der Waals surface area contributed by atoms with Crippen molar-refractivity contribution in [1.29, 1.82) is 0 Å². The van der Waals surface area contributed by atoms with Gasteiger partial charge in [0.2, 0.25) is 5.95 Å². The summed E-state index contributed by atoms with van der Waals surface area (Å²) in [6, 6.07) is 6.10. The molecule has 0 saturated carbocycles. The molecule has 2 aliphatic rings. The maximum Gasteiger partial charge on any atom is 0.225 e. The van der Waals surface area contributed by atoms with E-state index in [1.165, 1.54) is 52.7 Å². The highest BCUT2D eigenvalue weighted by atomic mass is 35.5. The van der Waals surface area contributed by atoms with E-state index in [1.807, 2.05) is 25.1 Å². The van der Waals surface area contributed by atoms with Gasteiger partial charge in [-0.1, -0.05) is 11.6 Å². The second-order valence-electron chi connectivity index (χ2n) is 8.95. The number of halogens is 1. The number of nitrogens with one attached hydrogen (secondary N) is 1. The summed E-state index contributed by atoms with van der Waals surface area (Å²) in [5.41, 5.74) is 6.59. The van der Waals surface area contributed by atoms with Gasteiger partial charge in [-0.05, 0) is 68.5 Å². The Morgan fingerprint density at radius 1 is 1.28 bits per heavy atom. The predicted molar refractivity (Wildman–Crippen MR) is 119 cm³/mol. The SMILES string of the molecule is Cc1c(CN2CCCC3(CCc4cnc(N(C)C)nc43)C2)[nH]c2ccc(Cl)cc12. The van der Waals surface area contributed by atoms with Crippen LogP contribution in [-0.2, 0) is 18.4 Å². The highest BCUT2D eigenvalue weighted by Crippen LogP contribution is 2.44. The van der Waals surface area contributed by atoms with E-state index < -0.39 is 0 Å². The number of benzene rings is 1. The van der Waals surface area contributed by atoms with Gasteiger partial charge in [0.25, 0.3) is 0 Å². The number of nitrogens with zero attached hydrogens (tertiary/aromatic N) is 4. The van der Waals surface area contributed by atoms with Crippen molar-refractivity contribution in [3.8, 4) is 0 Å². The number of likely N-dealkylation sites (tertiary alicyclic amines) is 1. The molecule has 152 valence electrons. The average molecular weight is 410 g/mol. The number of aromatic nitrogens is 3. The van der Waals surface area contributed by atoms with Crippen molar-refractivity contribution in [2.24, 2.45) is 0 Å². The maximum absolute atomic E-state index is 6.22. The first-order chi connectivity index (χ1) is 13.9. The van der Waals surface area contributed by atoms with Gasteiger partial charge in [0.05, 0.1) is 5.69 Å². The molecule has 0 amide bonds. The molecule has 1 spiro atoms. The summed E-state index contributed by atoms with van der Waals surface area (Å²) in [6.45, 7) is 5.35. The van der Waals surface area contributed by atoms with Gasteiger partial charge in [-0.3, -0.25) is 4.90 Å². The quantitative estimate of drug-likeness (QED) is 0.693. The molecule has 2 aromatic heterocycles. The van der Waals surface area contributed by atoms with Crippen molar-refractivity contribution >= 4 is 28.5 Å². The lowest BCUT2D eigenvalue weighted by Gasteiger charge is -2.40. The summed E-state index contributed by atoms with van der Waals surface area (Å²) < 4.78 is 0. The minimum absolute atomic E-state index is 0.171. The zero-order valence-corrected chi connectivity index (χ0v) is 18.2. The molecule has 29 heavy (non-hydrogen) atoms. The first-order valence-corrected chi connectivity index (χ1v) is 10.9. The molecule has 1 fully saturated rings. The first-order valence-electron chi connectivity index (χ1n) is 10.5. The molecular weight excluding hydrogens is 382 g/mol. The highest BCUT2D eigenvalue weighted by molar-refractivity contribution is 6.31. The molecule has 3 heterocycles. The first kappa shape index (κ1) is 18.9. The second kappa shape index (κ2) is 6.99. The van der Waals surface area contributed by atoms with Crippen molar-refractivity contribution < 1.29 is 0 Å². The Morgan fingerprint density at radius 3 is 2.97 bits per heavy atom. The van der Waals surface area contributed by atoms with Crippen molar-refractivity contribution in [3.63, 3.8) is 0 Å². The van der Waals surface area contributed by atoms with Gasteiger partial charge in [-0.2, -0.15) is 0 Å². The van der Waals surface area contributed by atoms with Crippen molar-refractivity contribution in [1.82, 2.24) is 19.9 Å². The van der Waals surface area contributed by atoms with Crippen LogP contribution >= 0.6 is 11.6 Å². The number of piperidine rings is 1. The third-order valence-electron chi connectivity index (χ3n) is 6.79. The average Bonchev–Trinajstić information content (AvgIpc) is 3.20. The lowest BCUT2D eigenvalue weighted by atomic mass is 9.77. The second-order valence-corrected chi connectivity index (χ2v) is 9.39. The lowest BCUT2D eigenvalue weighted by Crippen LogP contribution is -2.45. The van der Waals surface area contributed by atoms with Gasteiger partial charge in [0.15, 0.2) is 0 Å². The Bertz CT molecular complexity index is 1070. The minimum atomic E-state index is 0.171. The highest BCUT2D eigenvalue weighted by Gasteiger charge is 2.43. The van der Waals surface area contributed by atoms with Gasteiger partial charge in [-0.25, -0.2) is 9.97 Å². The van der Waals surface area contributed by atoms with E-state index in [0.29, 0.717) is 0 Å². The molecule has 1 aliphatic carbocycles. The minimum Gasteiger partial charge on any atom is -0.357 e. The van der Waals surface area contributed by atoms with E-state index in [9.17, 15) is 0 Å². The maximum atomic E-state index is 6.22. The zero-order chi connectivity index (χ0) is 20.2. The van der Waals surface area contributed by atoms with E-state index in [-0.39, 0.29) is 5.41 Å². The molecule has 6 heteroatoms. The number of hydrogen-bond donors (Lipinski definition) is 1. The topological polar surface area (TPSA) is 48.1 Å². The summed E-state index contributed by atoms with van der Waals surface area (Å²) in [5.74, 6) is 0.825. The number of anilines is 1. The van der Waals surface area contributed by atoms with Gasteiger partial charge < -0.3 is 9.88 Å². The van der Waals surface area contributed by atoms with Crippen LogP contribution in [0.1, 0.15) is 41.8 Å². The van der Waals surface area contributed by atoms with E-state index in [4.69, 9.17) is 16.6 Å². The van der Waals surface area contributed by atoms with Crippen LogP contribution in [0.25, 0.3) is 10.9 Å². The number of fused-ring (bicyclic) bond motifs is 3. The van der Waals surface area contributed by atoms with Crippen LogP contribution in [0, 0.1) is 6.92 Å². The largest absolute Gasteiger partial charge is 0.357 e. The van der Waals surface area contributed by atoms with Crippen LogP contribution in [0.3, 0.4) is 0 Å². The molecular formula is C23H28ClN5. The lowest BCUT2D eigenvalue weighted by molar-refractivity contribution is 0.135. The third kappa shape index (κ3) is 3.21. The summed E-state index contributed by atoms with van der Waals surface area (Å²) in [5, 5.41) is 2.02. The number of H-pyrrole nitrogens is 1. The Morgan fingerprint density at radius 2 is 2.14 bits per heavy atom. The van der Waals surface area contributed by atoms with Crippen LogP contribution in [0.4, 0.5) is 5.95 Å².